The van der Waals surface area contributed by atoms with Crippen LogP contribution in [0.4, 0.5) is 0 Å². The number of halogens is 1. The molecule has 0 amide bonds. The molecular formula is C25H31BrN2Ni-. The fraction of sp³-hybridized carbons (Fsp3) is 0.360. The first kappa shape index (κ1) is 25.5. The Bertz CT molecular complexity index is 810. The Morgan fingerprint density at radius 1 is 0.759 bits per heavy atom. The molecule has 0 saturated heterocycles. The summed E-state index contributed by atoms with van der Waals surface area (Å²) >= 11 is 6.25. The normalized spacial score (nSPS) is 11.0. The van der Waals surface area contributed by atoms with Gasteiger partial charge in [0.15, 0.2) is 0 Å². The van der Waals surface area contributed by atoms with Crippen LogP contribution in [0.2, 0.25) is 0 Å². The standard InChI is InChI=1S/C18H24N2.C7H7.BrH.Ni/c1-17(2,3)13-7-9-19-15(11-13)16-12-14(8-10-20-16)18(4,5)6;1-7-5-3-2-4-6-7;;/h7-12H,1-6H3;2-5H,1H3;1H;/q;-1;;+1/p-1. The molecule has 0 spiro atoms. The molecule has 2 nitrogen and oxygen atoms in total. The molecule has 0 saturated carbocycles. The second kappa shape index (κ2) is 11.6. The Hall–Kier alpha value is -1.51. The van der Waals surface area contributed by atoms with Gasteiger partial charge in [0.05, 0.1) is 11.4 Å². The van der Waals surface area contributed by atoms with Crippen LogP contribution in [0.1, 0.15) is 58.2 Å². The molecule has 4 heteroatoms. The van der Waals surface area contributed by atoms with Gasteiger partial charge in [-0.3, -0.25) is 9.97 Å². The van der Waals surface area contributed by atoms with E-state index in [9.17, 15) is 0 Å². The molecule has 0 radical (unpaired) electrons. The molecule has 2 aromatic heterocycles. The van der Waals surface area contributed by atoms with E-state index in [0.717, 1.165) is 11.4 Å². The molecule has 0 atom stereocenters. The summed E-state index contributed by atoms with van der Waals surface area (Å²) in [6.45, 7) is 15.3. The molecule has 0 aliphatic heterocycles. The van der Waals surface area contributed by atoms with Crippen molar-refractivity contribution < 1.29 is 13.7 Å². The maximum absolute atomic E-state index is 4.48. The predicted molar refractivity (Wildman–Crippen MR) is 124 cm³/mol. The first-order valence-electron chi connectivity index (χ1n) is 9.56. The van der Waals surface area contributed by atoms with Gasteiger partial charge in [-0.05, 0) is 46.2 Å². The molecule has 2 heterocycles. The van der Waals surface area contributed by atoms with Crippen molar-refractivity contribution >= 4 is 14.2 Å². The molecule has 0 aliphatic rings. The monoisotopic (exact) mass is 496 g/mol. The Morgan fingerprint density at radius 2 is 1.21 bits per heavy atom. The van der Waals surface area contributed by atoms with Crippen molar-refractivity contribution in [3.8, 4) is 11.4 Å². The summed E-state index contributed by atoms with van der Waals surface area (Å²) in [6.07, 6.45) is 3.75. The number of hydrogen-bond donors (Lipinski definition) is 0. The summed E-state index contributed by atoms with van der Waals surface area (Å²) in [4.78, 5) is 8.97. The fourth-order valence-electron chi connectivity index (χ4n) is 2.56. The van der Waals surface area contributed by atoms with Crippen LogP contribution in [-0.4, -0.2) is 9.97 Å². The number of pyridine rings is 2. The number of aryl methyl sites for hydroxylation is 1. The molecule has 0 bridgehead atoms. The maximum atomic E-state index is 4.48. The van der Waals surface area contributed by atoms with Gasteiger partial charge >= 0.3 is 27.9 Å². The van der Waals surface area contributed by atoms with Gasteiger partial charge in [-0.15, -0.1) is 0 Å². The van der Waals surface area contributed by atoms with Gasteiger partial charge in [-0.2, -0.15) is 35.9 Å². The quantitative estimate of drug-likeness (QED) is 0.259. The summed E-state index contributed by atoms with van der Waals surface area (Å²) in [7, 11) is 0. The van der Waals surface area contributed by atoms with E-state index in [1.807, 2.05) is 43.6 Å². The molecule has 29 heavy (non-hydrogen) atoms. The number of aromatic nitrogens is 2. The zero-order chi connectivity index (χ0) is 22.1. The van der Waals surface area contributed by atoms with Crippen molar-refractivity contribution in [2.24, 2.45) is 0 Å². The average molecular weight is 498 g/mol. The Balaban J connectivity index is 0.000000390. The van der Waals surface area contributed by atoms with Gasteiger partial charge < -0.3 is 0 Å². The summed E-state index contributed by atoms with van der Waals surface area (Å²) in [5.41, 5.74) is 5.91. The van der Waals surface area contributed by atoms with Crippen molar-refractivity contribution in [1.82, 2.24) is 9.97 Å². The van der Waals surface area contributed by atoms with E-state index < -0.39 is 0 Å². The van der Waals surface area contributed by atoms with Crippen LogP contribution in [0, 0.1) is 13.0 Å². The Labute approximate surface area is 191 Å². The summed E-state index contributed by atoms with van der Waals surface area (Å²) < 4.78 is 0. The van der Waals surface area contributed by atoms with Gasteiger partial charge in [-0.1, -0.05) is 48.5 Å². The van der Waals surface area contributed by atoms with Crippen LogP contribution < -0.4 is 0 Å². The van der Waals surface area contributed by atoms with Crippen molar-refractivity contribution in [3.63, 3.8) is 0 Å². The van der Waals surface area contributed by atoms with Gasteiger partial charge in [0.2, 0.25) is 0 Å². The van der Waals surface area contributed by atoms with Crippen LogP contribution in [0.3, 0.4) is 0 Å². The number of rotatable bonds is 1. The minimum atomic E-state index is 0.124. The second-order valence-electron chi connectivity index (χ2n) is 8.91. The molecule has 0 fully saturated rings. The van der Waals surface area contributed by atoms with Crippen molar-refractivity contribution in [3.05, 3.63) is 83.7 Å². The first-order valence-corrected chi connectivity index (χ1v) is 12.0. The van der Waals surface area contributed by atoms with E-state index in [1.165, 1.54) is 16.7 Å². The van der Waals surface area contributed by atoms with E-state index in [-0.39, 0.29) is 10.8 Å². The molecule has 1 aromatic carbocycles. The summed E-state index contributed by atoms with van der Waals surface area (Å²) in [5, 5.41) is 0. The Morgan fingerprint density at radius 3 is 1.48 bits per heavy atom. The molecular weight excluding hydrogens is 467 g/mol. The number of hydrogen-bond acceptors (Lipinski definition) is 2. The minimum absolute atomic E-state index is 0.124. The van der Waals surface area contributed by atoms with E-state index in [2.05, 4.69) is 110 Å². The molecule has 0 aliphatic carbocycles. The van der Waals surface area contributed by atoms with E-state index in [1.54, 1.807) is 0 Å². The third kappa shape index (κ3) is 8.80. The molecule has 0 N–H and O–H groups in total. The predicted octanol–water partition coefficient (Wildman–Crippen LogP) is 7.38. The fourth-order valence-corrected chi connectivity index (χ4v) is 2.56. The van der Waals surface area contributed by atoms with Crippen LogP contribution >= 0.6 is 14.2 Å². The van der Waals surface area contributed by atoms with Gasteiger partial charge in [0, 0.05) is 12.4 Å². The second-order valence-corrected chi connectivity index (χ2v) is 8.91. The van der Waals surface area contributed by atoms with Crippen LogP contribution in [0.5, 0.6) is 0 Å². The van der Waals surface area contributed by atoms with E-state index >= 15 is 0 Å². The third-order valence-corrected chi connectivity index (χ3v) is 4.38. The van der Waals surface area contributed by atoms with Gasteiger partial charge in [-0.25, -0.2) is 0 Å². The van der Waals surface area contributed by atoms with Crippen LogP contribution in [0.15, 0.2) is 60.9 Å². The zero-order valence-corrected chi connectivity index (χ0v) is 20.9. The van der Waals surface area contributed by atoms with Crippen molar-refractivity contribution in [1.29, 1.82) is 0 Å². The topological polar surface area (TPSA) is 25.8 Å². The molecule has 0 unspecified atom stereocenters. The Kier molecular flexibility index (Phi) is 10.2. The molecule has 159 valence electrons. The summed E-state index contributed by atoms with van der Waals surface area (Å²) in [5.74, 6) is 0. The van der Waals surface area contributed by atoms with Gasteiger partial charge in [0.1, 0.15) is 0 Å². The molecule has 3 rings (SSSR count). The zero-order valence-electron chi connectivity index (χ0n) is 18.4. The van der Waals surface area contributed by atoms with Crippen molar-refractivity contribution in [2.75, 3.05) is 0 Å². The SMILES string of the molecule is CC(C)(C)c1ccnc(-c2cc(C(C)(C)C)ccn2)c1.Cc1[c-]cccc1.[Ni][Br]. The number of nitrogens with zero attached hydrogens (tertiary/aromatic N) is 2. The summed E-state index contributed by atoms with van der Waals surface area (Å²) in [6, 6.07) is 19.4. The first-order chi connectivity index (χ1) is 13.6. The number of benzene rings is 1. The van der Waals surface area contributed by atoms with E-state index in [0.29, 0.717) is 0 Å². The van der Waals surface area contributed by atoms with Crippen LogP contribution in [0.25, 0.3) is 11.4 Å². The van der Waals surface area contributed by atoms with E-state index in [4.69, 9.17) is 0 Å². The third-order valence-electron chi connectivity index (χ3n) is 4.38. The van der Waals surface area contributed by atoms with Crippen molar-refractivity contribution in [2.45, 2.75) is 59.3 Å². The molecule has 3 aromatic rings. The van der Waals surface area contributed by atoms with Crippen LogP contribution in [-0.2, 0) is 24.5 Å². The van der Waals surface area contributed by atoms with Gasteiger partial charge in [0.25, 0.3) is 0 Å². The average Bonchev–Trinajstić information content (AvgIpc) is 2.70.